The monoisotopic (exact) mass is 550 g/mol. The first-order valence-electron chi connectivity index (χ1n) is 10.7. The van der Waals surface area contributed by atoms with Gasteiger partial charge in [-0.2, -0.15) is 26.3 Å². The quantitative estimate of drug-likeness (QED) is 0.152. The summed E-state index contributed by atoms with van der Waals surface area (Å²) in [6, 6.07) is 4.14. The Hall–Kier alpha value is -4.07. The molecule has 0 radical (unpaired) electrons. The number of azide groups is 1. The zero-order valence-electron chi connectivity index (χ0n) is 19.3. The molecule has 0 spiro atoms. The molecule has 8 nitrogen and oxygen atoms in total. The number of ether oxygens (including phenoxy) is 1. The highest BCUT2D eigenvalue weighted by molar-refractivity contribution is 5.95. The summed E-state index contributed by atoms with van der Waals surface area (Å²) in [7, 11) is 0. The maximum Gasteiger partial charge on any atom is 0.400 e. The van der Waals surface area contributed by atoms with Crippen molar-refractivity contribution in [1.29, 1.82) is 0 Å². The Bertz CT molecular complexity index is 1330. The number of benzene rings is 1. The van der Waals surface area contributed by atoms with Gasteiger partial charge in [0.15, 0.2) is 17.3 Å². The molecule has 1 amide bonds. The van der Waals surface area contributed by atoms with Gasteiger partial charge < -0.3 is 10.1 Å². The highest BCUT2D eigenvalue weighted by Gasteiger charge is 2.57. The summed E-state index contributed by atoms with van der Waals surface area (Å²) in [4.78, 5) is 19.5. The van der Waals surface area contributed by atoms with Crippen LogP contribution in [0.5, 0.6) is 5.75 Å². The number of rotatable bonds is 9. The van der Waals surface area contributed by atoms with Crippen LogP contribution in [0.4, 0.5) is 35.1 Å². The molecule has 0 fully saturated rings. The molecule has 204 valence electrons. The molecule has 3 rings (SSSR count). The SMILES string of the molecule is Cc1nc2c(OCc3c(F)cccc3F)cccn2c1C(=O)NC(CN=[N+]=[N-])CC(C(F)(F)F)C(F)(F)F. The Morgan fingerprint density at radius 2 is 1.76 bits per heavy atom. The summed E-state index contributed by atoms with van der Waals surface area (Å²) in [5.41, 5.74) is 7.86. The smallest absolute Gasteiger partial charge is 0.400 e. The number of halogens is 8. The lowest BCUT2D eigenvalue weighted by atomic mass is 9.98. The minimum Gasteiger partial charge on any atom is -0.485 e. The fraction of sp³-hybridized carbons (Fsp3) is 0.364. The molecule has 1 aromatic carbocycles. The van der Waals surface area contributed by atoms with E-state index in [4.69, 9.17) is 10.3 Å². The highest BCUT2D eigenvalue weighted by Crippen LogP contribution is 2.42. The van der Waals surface area contributed by atoms with Gasteiger partial charge in [-0.15, -0.1) is 0 Å². The number of hydrogen-bond acceptors (Lipinski definition) is 4. The van der Waals surface area contributed by atoms with Crippen LogP contribution in [0.25, 0.3) is 16.1 Å². The average Bonchev–Trinajstić information content (AvgIpc) is 3.15. The third kappa shape index (κ3) is 6.43. The first kappa shape index (κ1) is 28.5. The summed E-state index contributed by atoms with van der Waals surface area (Å²) in [6.45, 7) is -0.0850. The summed E-state index contributed by atoms with van der Waals surface area (Å²) in [5, 5.41) is 5.07. The summed E-state index contributed by atoms with van der Waals surface area (Å²) in [5.74, 6) is -6.63. The Morgan fingerprint density at radius 1 is 1.13 bits per heavy atom. The van der Waals surface area contributed by atoms with E-state index in [9.17, 15) is 39.9 Å². The lowest BCUT2D eigenvalue weighted by molar-refractivity contribution is -0.286. The normalized spacial score (nSPS) is 12.9. The number of amides is 1. The molecule has 0 aliphatic heterocycles. The second kappa shape index (κ2) is 11.1. The van der Waals surface area contributed by atoms with Crippen LogP contribution in [-0.2, 0) is 6.61 Å². The van der Waals surface area contributed by atoms with Crippen LogP contribution in [0.3, 0.4) is 0 Å². The van der Waals surface area contributed by atoms with Gasteiger partial charge in [0.05, 0.1) is 11.3 Å². The van der Waals surface area contributed by atoms with Crippen molar-refractivity contribution in [3.63, 3.8) is 0 Å². The predicted octanol–water partition coefficient (Wildman–Crippen LogP) is 6.04. The molecule has 38 heavy (non-hydrogen) atoms. The first-order valence-corrected chi connectivity index (χ1v) is 10.7. The average molecular weight is 550 g/mol. The molecule has 2 heterocycles. The van der Waals surface area contributed by atoms with Gasteiger partial charge in [-0.25, -0.2) is 13.8 Å². The van der Waals surface area contributed by atoms with Gasteiger partial charge in [0.25, 0.3) is 5.91 Å². The summed E-state index contributed by atoms with van der Waals surface area (Å²) >= 11 is 0. The van der Waals surface area contributed by atoms with E-state index < -0.39 is 61.4 Å². The minimum atomic E-state index is -5.67. The van der Waals surface area contributed by atoms with Crippen LogP contribution >= 0.6 is 0 Å². The van der Waals surface area contributed by atoms with Crippen molar-refractivity contribution in [2.75, 3.05) is 6.54 Å². The van der Waals surface area contributed by atoms with E-state index in [-0.39, 0.29) is 28.3 Å². The third-order valence-corrected chi connectivity index (χ3v) is 5.45. The van der Waals surface area contributed by atoms with Crippen molar-refractivity contribution in [2.45, 2.75) is 38.3 Å². The van der Waals surface area contributed by atoms with Crippen LogP contribution in [0.15, 0.2) is 41.6 Å². The van der Waals surface area contributed by atoms with Crippen molar-refractivity contribution in [3.8, 4) is 5.75 Å². The lowest BCUT2D eigenvalue weighted by Gasteiger charge is -2.27. The third-order valence-electron chi connectivity index (χ3n) is 5.45. The molecule has 1 atom stereocenters. The second-order valence-corrected chi connectivity index (χ2v) is 8.06. The molecule has 1 N–H and O–H groups in total. The molecule has 0 aliphatic carbocycles. The van der Waals surface area contributed by atoms with Gasteiger partial charge in [-0.05, 0) is 43.1 Å². The molecule has 2 aromatic heterocycles. The van der Waals surface area contributed by atoms with E-state index >= 15 is 0 Å². The molecular formula is C22H18F8N6O2. The van der Waals surface area contributed by atoms with E-state index in [1.54, 1.807) is 0 Å². The van der Waals surface area contributed by atoms with Crippen LogP contribution < -0.4 is 10.1 Å². The van der Waals surface area contributed by atoms with Crippen LogP contribution in [0, 0.1) is 24.5 Å². The second-order valence-electron chi connectivity index (χ2n) is 8.06. The fourth-order valence-corrected chi connectivity index (χ4v) is 3.67. The van der Waals surface area contributed by atoms with Gasteiger partial charge >= 0.3 is 12.4 Å². The number of imidazole rings is 1. The van der Waals surface area contributed by atoms with Crippen molar-refractivity contribution in [2.24, 2.45) is 11.0 Å². The molecule has 1 unspecified atom stereocenters. The topological polar surface area (TPSA) is 104 Å². The Balaban J connectivity index is 1.90. The molecular weight excluding hydrogens is 532 g/mol. The van der Waals surface area contributed by atoms with Crippen molar-refractivity contribution in [3.05, 3.63) is 75.6 Å². The number of pyridine rings is 1. The number of fused-ring (bicyclic) bond motifs is 1. The summed E-state index contributed by atoms with van der Waals surface area (Å²) < 4.78 is 113. The maximum absolute atomic E-state index is 13.9. The largest absolute Gasteiger partial charge is 0.485 e. The highest BCUT2D eigenvalue weighted by atomic mass is 19.4. The number of nitrogens with zero attached hydrogens (tertiary/aromatic N) is 5. The molecule has 0 saturated carbocycles. The predicted molar refractivity (Wildman–Crippen MR) is 116 cm³/mol. The van der Waals surface area contributed by atoms with Gasteiger partial charge in [0.2, 0.25) is 0 Å². The van der Waals surface area contributed by atoms with Crippen molar-refractivity contribution < 1.29 is 44.7 Å². The van der Waals surface area contributed by atoms with Gasteiger partial charge in [0, 0.05) is 23.7 Å². The minimum absolute atomic E-state index is 0.0121. The Labute approximate surface area is 208 Å². The van der Waals surface area contributed by atoms with Gasteiger partial charge in [0.1, 0.15) is 23.9 Å². The fourth-order valence-electron chi connectivity index (χ4n) is 3.67. The van der Waals surface area contributed by atoms with Crippen molar-refractivity contribution >= 4 is 11.6 Å². The molecule has 0 saturated heterocycles. The van der Waals surface area contributed by atoms with E-state index in [0.717, 1.165) is 16.5 Å². The number of hydrogen-bond donors (Lipinski definition) is 1. The van der Waals surface area contributed by atoms with E-state index in [2.05, 4.69) is 15.0 Å². The zero-order valence-corrected chi connectivity index (χ0v) is 19.3. The van der Waals surface area contributed by atoms with Gasteiger partial charge in [-0.3, -0.25) is 9.20 Å². The molecule has 16 heteroatoms. The Morgan fingerprint density at radius 3 is 2.34 bits per heavy atom. The molecule has 0 bridgehead atoms. The maximum atomic E-state index is 13.9. The number of carbonyl (C=O) groups excluding carboxylic acids is 1. The number of aryl methyl sites for hydroxylation is 1. The van der Waals surface area contributed by atoms with E-state index in [1.165, 1.54) is 31.3 Å². The van der Waals surface area contributed by atoms with E-state index in [0.29, 0.717) is 0 Å². The van der Waals surface area contributed by atoms with Crippen molar-refractivity contribution in [1.82, 2.24) is 14.7 Å². The standard InChI is InChI=1S/C22H18F8N6O2/c1-11-18(20(37)34-12(9-32-35-31)8-17(21(25,26)27)22(28,29)30)36-7-3-6-16(19(36)33-11)38-10-13-14(23)4-2-5-15(13)24/h2-7,12,17H,8-10H2,1H3,(H,34,37). The number of carbonyl (C=O) groups is 1. The van der Waals surface area contributed by atoms with Crippen LogP contribution in [-0.4, -0.2) is 40.2 Å². The van der Waals surface area contributed by atoms with Gasteiger partial charge in [-0.1, -0.05) is 11.2 Å². The molecule has 3 aromatic rings. The Kier molecular flexibility index (Phi) is 8.35. The van der Waals surface area contributed by atoms with Crippen LogP contribution in [0.1, 0.15) is 28.2 Å². The zero-order chi connectivity index (χ0) is 28.3. The lowest BCUT2D eigenvalue weighted by Crippen LogP contribution is -2.45. The van der Waals surface area contributed by atoms with Crippen LogP contribution in [0.2, 0.25) is 0 Å². The first-order chi connectivity index (χ1) is 17.7. The molecule has 0 aliphatic rings. The van der Waals surface area contributed by atoms with E-state index in [1.807, 2.05) is 5.32 Å². The number of nitrogens with one attached hydrogen (secondary N) is 1. The summed E-state index contributed by atoms with van der Waals surface area (Å²) in [6.07, 6.45) is -11.6. The number of aromatic nitrogens is 2. The number of alkyl halides is 6.